The molecule has 1 aliphatic carbocycles. The maximum Gasteiger partial charge on any atom is 0.325 e. The normalized spacial score (nSPS) is 14.3. The quantitative estimate of drug-likeness (QED) is 0.817. The van der Waals surface area contributed by atoms with Gasteiger partial charge in [-0.25, -0.2) is 4.79 Å². The molecule has 1 aromatic heterocycles. The number of rotatable bonds is 5. The van der Waals surface area contributed by atoms with E-state index in [0.717, 1.165) is 12.8 Å². The molecule has 0 bridgehead atoms. The van der Waals surface area contributed by atoms with E-state index in [9.17, 15) is 9.59 Å². The Kier molecular flexibility index (Phi) is 3.50. The minimum Gasteiger partial charge on any atom is -0.480 e. The van der Waals surface area contributed by atoms with Gasteiger partial charge in [0.25, 0.3) is 0 Å². The topological polar surface area (TPSA) is 87.5 Å². The van der Waals surface area contributed by atoms with Crippen molar-refractivity contribution in [3.05, 3.63) is 12.4 Å². The monoisotopic (exact) mass is 252 g/mol. The molecule has 1 saturated carbocycles. The molecule has 0 saturated heterocycles. The van der Waals surface area contributed by atoms with Crippen LogP contribution in [0.15, 0.2) is 12.4 Å². The summed E-state index contributed by atoms with van der Waals surface area (Å²) in [5, 5.41) is 15.2. The number of amides is 2. The van der Waals surface area contributed by atoms with Crippen molar-refractivity contribution < 1.29 is 14.7 Å². The predicted molar refractivity (Wildman–Crippen MR) is 64.3 cm³/mol. The molecule has 7 nitrogen and oxygen atoms in total. The first-order valence-corrected chi connectivity index (χ1v) is 5.92. The van der Waals surface area contributed by atoms with Crippen LogP contribution >= 0.6 is 0 Å². The summed E-state index contributed by atoms with van der Waals surface area (Å²) in [4.78, 5) is 24.2. The second kappa shape index (κ2) is 5.07. The summed E-state index contributed by atoms with van der Waals surface area (Å²) in [6.07, 6.45) is 5.06. The largest absolute Gasteiger partial charge is 0.480 e. The van der Waals surface area contributed by atoms with E-state index in [1.807, 2.05) is 6.92 Å². The van der Waals surface area contributed by atoms with Crippen molar-refractivity contribution in [3.63, 3.8) is 0 Å². The highest BCUT2D eigenvalue weighted by Gasteiger charge is 2.31. The molecule has 2 N–H and O–H groups in total. The molecule has 7 heteroatoms. The third-order valence-corrected chi connectivity index (χ3v) is 2.77. The number of carboxylic acid groups (broad SMARTS) is 1. The van der Waals surface area contributed by atoms with Crippen molar-refractivity contribution in [2.45, 2.75) is 32.4 Å². The lowest BCUT2D eigenvalue weighted by Crippen LogP contribution is -2.36. The number of carboxylic acids is 1. The zero-order valence-electron chi connectivity index (χ0n) is 10.2. The highest BCUT2D eigenvalue weighted by Crippen LogP contribution is 2.27. The van der Waals surface area contributed by atoms with Crippen LogP contribution in [0.1, 0.15) is 19.8 Å². The summed E-state index contributed by atoms with van der Waals surface area (Å²) < 4.78 is 1.27. The smallest absolute Gasteiger partial charge is 0.325 e. The average molecular weight is 252 g/mol. The molecule has 0 atom stereocenters. The number of carbonyl (C=O) groups excluding carboxylic acids is 1. The Labute approximate surface area is 104 Å². The van der Waals surface area contributed by atoms with Crippen LogP contribution in [0.25, 0.3) is 0 Å². The number of anilines is 1. The fourth-order valence-corrected chi connectivity index (χ4v) is 1.80. The molecule has 0 unspecified atom stereocenters. The molecular weight excluding hydrogens is 236 g/mol. The molecule has 0 radical (unpaired) electrons. The van der Waals surface area contributed by atoms with Crippen molar-refractivity contribution in [2.24, 2.45) is 0 Å². The second-order valence-electron chi connectivity index (χ2n) is 4.27. The molecule has 1 aliphatic rings. The summed E-state index contributed by atoms with van der Waals surface area (Å²) in [6.45, 7) is 2.39. The maximum atomic E-state index is 11.9. The van der Waals surface area contributed by atoms with E-state index < -0.39 is 5.97 Å². The summed E-state index contributed by atoms with van der Waals surface area (Å²) in [5.41, 5.74) is 0.514. The van der Waals surface area contributed by atoms with Gasteiger partial charge >= 0.3 is 12.0 Å². The number of hydrogen-bond donors (Lipinski definition) is 2. The van der Waals surface area contributed by atoms with Crippen LogP contribution in [0.2, 0.25) is 0 Å². The Morgan fingerprint density at radius 2 is 2.33 bits per heavy atom. The number of nitrogens with zero attached hydrogens (tertiary/aromatic N) is 3. The summed E-state index contributed by atoms with van der Waals surface area (Å²) in [7, 11) is 0. The molecule has 0 aliphatic heterocycles. The predicted octanol–water partition coefficient (Wildman–Crippen LogP) is 0.984. The maximum absolute atomic E-state index is 11.9. The zero-order chi connectivity index (χ0) is 13.1. The Morgan fingerprint density at radius 3 is 2.89 bits per heavy atom. The van der Waals surface area contributed by atoms with Gasteiger partial charge in [-0.3, -0.25) is 9.48 Å². The van der Waals surface area contributed by atoms with Crippen molar-refractivity contribution in [3.8, 4) is 0 Å². The molecular formula is C11H16N4O3. The van der Waals surface area contributed by atoms with Crippen LogP contribution in [0, 0.1) is 0 Å². The van der Waals surface area contributed by atoms with Crippen LogP contribution in [-0.2, 0) is 11.3 Å². The van der Waals surface area contributed by atoms with E-state index in [1.54, 1.807) is 4.90 Å². The molecule has 98 valence electrons. The van der Waals surface area contributed by atoms with E-state index in [1.165, 1.54) is 17.1 Å². The van der Waals surface area contributed by atoms with Crippen LogP contribution in [0.3, 0.4) is 0 Å². The number of hydrogen-bond acceptors (Lipinski definition) is 3. The van der Waals surface area contributed by atoms with Crippen LogP contribution in [0.4, 0.5) is 10.5 Å². The Hall–Kier alpha value is -2.05. The molecule has 1 aromatic rings. The molecule has 18 heavy (non-hydrogen) atoms. The van der Waals surface area contributed by atoms with Crippen molar-refractivity contribution in [1.82, 2.24) is 14.7 Å². The molecule has 0 spiro atoms. The van der Waals surface area contributed by atoms with Gasteiger partial charge in [0.05, 0.1) is 11.9 Å². The fourth-order valence-electron chi connectivity index (χ4n) is 1.80. The molecule has 1 heterocycles. The van der Waals surface area contributed by atoms with Crippen molar-refractivity contribution in [1.29, 1.82) is 0 Å². The standard InChI is InChI=1S/C11H16N4O3/c1-2-15(9-3-4-9)11(18)13-8-5-12-14(6-8)7-10(16)17/h5-6,9H,2-4,7H2,1H3,(H,13,18)(H,16,17). The molecule has 2 rings (SSSR count). The third kappa shape index (κ3) is 2.99. The first-order valence-electron chi connectivity index (χ1n) is 5.92. The summed E-state index contributed by atoms with van der Waals surface area (Å²) in [6, 6.07) is 0.193. The lowest BCUT2D eigenvalue weighted by molar-refractivity contribution is -0.137. The molecule has 1 fully saturated rings. The Morgan fingerprint density at radius 1 is 1.61 bits per heavy atom. The van der Waals surface area contributed by atoms with Gasteiger partial charge in [0.1, 0.15) is 6.54 Å². The van der Waals surface area contributed by atoms with Gasteiger partial charge in [-0.05, 0) is 19.8 Å². The van der Waals surface area contributed by atoms with Crippen LogP contribution in [0.5, 0.6) is 0 Å². The lowest BCUT2D eigenvalue weighted by atomic mass is 10.5. The lowest BCUT2D eigenvalue weighted by Gasteiger charge is -2.20. The highest BCUT2D eigenvalue weighted by atomic mass is 16.4. The number of aliphatic carboxylic acids is 1. The van der Waals surface area contributed by atoms with Gasteiger partial charge in [0.15, 0.2) is 0 Å². The number of aromatic nitrogens is 2. The van der Waals surface area contributed by atoms with Gasteiger partial charge in [-0.2, -0.15) is 5.10 Å². The zero-order valence-corrected chi connectivity index (χ0v) is 10.2. The van der Waals surface area contributed by atoms with Crippen molar-refractivity contribution in [2.75, 3.05) is 11.9 Å². The van der Waals surface area contributed by atoms with E-state index in [-0.39, 0.29) is 12.6 Å². The second-order valence-corrected chi connectivity index (χ2v) is 4.27. The fraction of sp³-hybridized carbons (Fsp3) is 0.545. The van der Waals surface area contributed by atoms with Gasteiger partial charge < -0.3 is 15.3 Å². The first kappa shape index (κ1) is 12.4. The number of nitrogens with one attached hydrogen (secondary N) is 1. The van der Waals surface area contributed by atoms with E-state index >= 15 is 0 Å². The van der Waals surface area contributed by atoms with E-state index in [4.69, 9.17) is 5.11 Å². The highest BCUT2D eigenvalue weighted by molar-refractivity contribution is 5.89. The van der Waals surface area contributed by atoms with Crippen LogP contribution < -0.4 is 5.32 Å². The SMILES string of the molecule is CCN(C(=O)Nc1cnn(CC(=O)O)c1)C1CC1. The van der Waals surface area contributed by atoms with Crippen molar-refractivity contribution >= 4 is 17.7 Å². The minimum absolute atomic E-state index is 0.158. The average Bonchev–Trinajstić information content (AvgIpc) is 3.02. The van der Waals surface area contributed by atoms with Crippen LogP contribution in [-0.4, -0.2) is 44.4 Å². The Bertz CT molecular complexity index is 453. The molecule has 0 aromatic carbocycles. The van der Waals surface area contributed by atoms with Gasteiger partial charge in [0.2, 0.25) is 0 Å². The first-order chi connectivity index (χ1) is 8.60. The number of urea groups is 1. The Balaban J connectivity index is 1.93. The molecule has 2 amide bonds. The minimum atomic E-state index is -0.968. The number of carbonyl (C=O) groups is 2. The third-order valence-electron chi connectivity index (χ3n) is 2.77. The van der Waals surface area contributed by atoms with Gasteiger partial charge in [-0.15, -0.1) is 0 Å². The van der Waals surface area contributed by atoms with Gasteiger partial charge in [0, 0.05) is 18.8 Å². The summed E-state index contributed by atoms with van der Waals surface area (Å²) >= 11 is 0. The van der Waals surface area contributed by atoms with Gasteiger partial charge in [-0.1, -0.05) is 0 Å². The summed E-state index contributed by atoms with van der Waals surface area (Å²) in [5.74, 6) is -0.968. The van der Waals surface area contributed by atoms with E-state index in [0.29, 0.717) is 18.3 Å². The van der Waals surface area contributed by atoms with E-state index in [2.05, 4.69) is 10.4 Å².